The van der Waals surface area contributed by atoms with Gasteiger partial charge in [0, 0.05) is 105 Å². The second-order valence-electron chi connectivity index (χ2n) is 17.3. The number of hydrogen-bond acceptors (Lipinski definition) is 16. The minimum absolute atomic E-state index is 0.0430. The molecule has 0 N–H and O–H groups in total. The summed E-state index contributed by atoms with van der Waals surface area (Å²) < 4.78 is 22.8. The van der Waals surface area contributed by atoms with Crippen molar-refractivity contribution in [2.75, 3.05) is 157 Å². The molecule has 2 atom stereocenters. The summed E-state index contributed by atoms with van der Waals surface area (Å²) in [6.45, 7) is 17.4. The Kier molecular flexibility index (Phi) is 16.2. The molecule has 0 unspecified atom stereocenters. The number of hydrogen-bond donors (Lipinski definition) is 0. The summed E-state index contributed by atoms with van der Waals surface area (Å²) in [6, 6.07) is 13.1. The van der Waals surface area contributed by atoms with E-state index in [1.807, 2.05) is 54.4 Å². The zero-order valence-corrected chi connectivity index (χ0v) is 40.5. The molecule has 2 saturated heterocycles. The van der Waals surface area contributed by atoms with Crippen molar-refractivity contribution in [3.63, 3.8) is 0 Å². The predicted molar refractivity (Wildman–Crippen MR) is 255 cm³/mol. The third-order valence-corrected chi connectivity index (χ3v) is 14.3. The number of benzene rings is 2. The highest BCUT2D eigenvalue weighted by atomic mass is 32.1. The lowest BCUT2D eigenvalue weighted by Crippen LogP contribution is -2.47. The predicted octanol–water partition coefficient (Wildman–Crippen LogP) is 4.86. The first-order valence-corrected chi connectivity index (χ1v) is 24.0. The first-order valence-electron chi connectivity index (χ1n) is 22.3. The summed E-state index contributed by atoms with van der Waals surface area (Å²) in [4.78, 5) is 53.1. The Balaban J connectivity index is 0.000000191. The Morgan fingerprint density at radius 1 is 0.547 bits per heavy atom. The number of nitrogens with zero attached hydrogens (tertiary/aromatic N) is 10. The van der Waals surface area contributed by atoms with E-state index in [1.165, 1.54) is 33.8 Å². The number of piperazine rings is 2. The average Bonchev–Trinajstić information content (AvgIpc) is 4.03. The van der Waals surface area contributed by atoms with Gasteiger partial charge in [0.2, 0.25) is 0 Å². The molecule has 0 spiro atoms. The molecule has 2 aromatic heterocycles. The minimum atomic E-state index is 0.0430. The Morgan fingerprint density at radius 3 is 1.27 bits per heavy atom. The highest BCUT2D eigenvalue weighted by molar-refractivity contribution is 7.17. The smallest absolute Gasteiger partial charge is 0.265 e. The Hall–Kier alpha value is -4.72. The molecule has 2 fully saturated rings. The number of carbonyl (C=O) groups excluding carboxylic acids is 2. The van der Waals surface area contributed by atoms with Crippen molar-refractivity contribution in [2.24, 2.45) is 0 Å². The van der Waals surface area contributed by atoms with Crippen molar-refractivity contribution in [1.82, 2.24) is 39.4 Å². The summed E-state index contributed by atoms with van der Waals surface area (Å²) in [5.41, 5.74) is 2.48. The summed E-state index contributed by atoms with van der Waals surface area (Å²) in [6.07, 6.45) is 3.44. The molecule has 16 nitrogen and oxygen atoms in total. The maximum Gasteiger partial charge on any atom is 0.265 e. The van der Waals surface area contributed by atoms with E-state index in [0.717, 1.165) is 98.7 Å². The van der Waals surface area contributed by atoms with Gasteiger partial charge in [0.05, 0.1) is 12.4 Å². The van der Waals surface area contributed by atoms with Crippen molar-refractivity contribution in [3.05, 3.63) is 69.7 Å². The minimum Gasteiger partial charge on any atom is -0.486 e. The molecule has 0 saturated carbocycles. The van der Waals surface area contributed by atoms with Gasteiger partial charge < -0.3 is 48.3 Å². The average molecular weight is 919 g/mol. The van der Waals surface area contributed by atoms with E-state index < -0.39 is 0 Å². The molecular formula is C46H66N10O6S2. The molecule has 4 aromatic rings. The van der Waals surface area contributed by atoms with Gasteiger partial charge in [-0.2, -0.15) is 0 Å². The molecule has 2 aromatic carbocycles. The number of aromatic nitrogens is 2. The van der Waals surface area contributed by atoms with Gasteiger partial charge >= 0.3 is 0 Å². The van der Waals surface area contributed by atoms with E-state index in [1.54, 1.807) is 22.2 Å². The number of rotatable bonds is 14. The van der Waals surface area contributed by atoms with Gasteiger partial charge in [0.25, 0.3) is 11.8 Å². The highest BCUT2D eigenvalue weighted by Gasteiger charge is 2.28. The largest absolute Gasteiger partial charge is 0.486 e. The maximum atomic E-state index is 12.7. The van der Waals surface area contributed by atoms with Crippen molar-refractivity contribution >= 4 is 44.8 Å². The number of ether oxygens (including phenoxy) is 4. The van der Waals surface area contributed by atoms with E-state index >= 15 is 0 Å². The van der Waals surface area contributed by atoms with Crippen LogP contribution in [0, 0.1) is 0 Å². The van der Waals surface area contributed by atoms with E-state index in [2.05, 4.69) is 77.5 Å². The topological polar surface area (TPSA) is 123 Å². The zero-order valence-electron chi connectivity index (χ0n) is 38.8. The summed E-state index contributed by atoms with van der Waals surface area (Å²) in [7, 11) is 11.7. The summed E-state index contributed by atoms with van der Waals surface area (Å²) in [5.74, 6) is 3.43. The van der Waals surface area contributed by atoms with Crippen LogP contribution in [0.3, 0.4) is 0 Å². The van der Waals surface area contributed by atoms with Gasteiger partial charge in [0.15, 0.2) is 33.3 Å². The van der Waals surface area contributed by atoms with Gasteiger partial charge in [-0.25, -0.2) is 9.97 Å². The van der Waals surface area contributed by atoms with Crippen LogP contribution in [0.2, 0.25) is 0 Å². The standard InChI is InChI=1S/2C23H33N5O3S/c2*1-17(18-5-6-19-20(15-18)31-14-13-30-19)27-9-11-28(12-10-27)23-24-16-21(32-23)22(29)26(4)8-7-25(2)3/h2*5-6,15-17H,7-14H2,1-4H3/t2*17-/m10/s1. The van der Waals surface area contributed by atoms with Crippen LogP contribution in [-0.4, -0.2) is 198 Å². The van der Waals surface area contributed by atoms with Crippen LogP contribution < -0.4 is 28.7 Å². The summed E-state index contributed by atoms with van der Waals surface area (Å²) in [5, 5.41) is 1.86. The molecule has 18 heteroatoms. The molecule has 4 aliphatic heterocycles. The number of fused-ring (bicyclic) bond motifs is 2. The molecule has 348 valence electrons. The second-order valence-corrected chi connectivity index (χ2v) is 19.3. The quantitative estimate of drug-likeness (QED) is 0.171. The van der Waals surface area contributed by atoms with Gasteiger partial charge in [-0.1, -0.05) is 34.8 Å². The Labute approximate surface area is 386 Å². The van der Waals surface area contributed by atoms with E-state index in [9.17, 15) is 9.59 Å². The van der Waals surface area contributed by atoms with Crippen molar-refractivity contribution in [2.45, 2.75) is 25.9 Å². The summed E-state index contributed by atoms with van der Waals surface area (Å²) >= 11 is 2.99. The van der Waals surface area contributed by atoms with Gasteiger partial charge in [-0.05, 0) is 77.4 Å². The second kappa shape index (κ2) is 22.0. The molecule has 6 heterocycles. The van der Waals surface area contributed by atoms with Crippen molar-refractivity contribution in [3.8, 4) is 23.0 Å². The lowest BCUT2D eigenvalue weighted by atomic mass is 10.1. The lowest BCUT2D eigenvalue weighted by Gasteiger charge is -2.38. The molecule has 2 amide bonds. The van der Waals surface area contributed by atoms with Crippen LogP contribution in [0.15, 0.2) is 48.8 Å². The van der Waals surface area contributed by atoms with Gasteiger partial charge in [-0.3, -0.25) is 19.4 Å². The van der Waals surface area contributed by atoms with E-state index in [-0.39, 0.29) is 11.8 Å². The van der Waals surface area contributed by atoms with Crippen LogP contribution in [0.25, 0.3) is 0 Å². The van der Waals surface area contributed by atoms with Crippen LogP contribution in [0.1, 0.15) is 56.4 Å². The fourth-order valence-electron chi connectivity index (χ4n) is 7.96. The first kappa shape index (κ1) is 47.2. The number of thiazole rings is 2. The van der Waals surface area contributed by atoms with E-state index in [0.29, 0.717) is 61.4 Å². The third-order valence-electron chi connectivity index (χ3n) is 12.2. The molecule has 0 aliphatic carbocycles. The molecular weight excluding hydrogens is 853 g/mol. The van der Waals surface area contributed by atoms with Crippen molar-refractivity contribution < 1.29 is 28.5 Å². The first-order chi connectivity index (χ1) is 30.8. The van der Waals surface area contributed by atoms with Crippen molar-refractivity contribution in [1.29, 1.82) is 0 Å². The number of likely N-dealkylation sites (N-methyl/N-ethyl adjacent to an activating group) is 4. The normalized spacial score (nSPS) is 17.5. The third kappa shape index (κ3) is 11.9. The molecule has 4 aliphatic rings. The molecule has 0 radical (unpaired) electrons. The maximum absolute atomic E-state index is 12.7. The monoisotopic (exact) mass is 918 g/mol. The van der Waals surface area contributed by atoms with Crippen LogP contribution in [0.4, 0.5) is 10.3 Å². The number of amides is 2. The fraction of sp³-hybridized carbons (Fsp3) is 0.565. The molecule has 8 rings (SSSR count). The Morgan fingerprint density at radius 2 is 0.906 bits per heavy atom. The SMILES string of the molecule is C[C@@H](c1ccc2c(c1)OCCO2)N1CCN(c2ncc(C(=O)N(C)CCN(C)C)s2)CC1.C[C@H](c1ccc2c(c1)OCCO2)N1CCN(c2ncc(C(=O)N(C)CCN(C)C)s2)CC1. The highest BCUT2D eigenvalue weighted by Crippen LogP contribution is 2.36. The number of carbonyl (C=O) groups is 2. The van der Waals surface area contributed by atoms with Crippen LogP contribution in [0.5, 0.6) is 23.0 Å². The molecule has 64 heavy (non-hydrogen) atoms. The van der Waals surface area contributed by atoms with E-state index in [4.69, 9.17) is 18.9 Å². The zero-order chi connectivity index (χ0) is 45.3. The fourth-order valence-corrected chi connectivity index (χ4v) is 9.89. The van der Waals surface area contributed by atoms with Gasteiger partial charge in [0.1, 0.15) is 36.2 Å². The van der Waals surface area contributed by atoms with Crippen LogP contribution in [-0.2, 0) is 0 Å². The number of anilines is 2. The lowest BCUT2D eigenvalue weighted by molar-refractivity contribution is 0.0783. The van der Waals surface area contributed by atoms with Crippen LogP contribution >= 0.6 is 22.7 Å². The molecule has 0 bridgehead atoms. The van der Waals surface area contributed by atoms with Gasteiger partial charge in [-0.15, -0.1) is 0 Å². The Bertz CT molecular complexity index is 2000.